The Hall–Kier alpha value is -2.04. The zero-order chi connectivity index (χ0) is 14.9. The van der Waals surface area contributed by atoms with Crippen LogP contribution in [-0.4, -0.2) is 8.42 Å². The van der Waals surface area contributed by atoms with Crippen LogP contribution in [0.4, 0.5) is 11.4 Å². The largest absolute Gasteiger partial charge is 0.399 e. The molecule has 1 heterocycles. The van der Waals surface area contributed by atoms with Crippen molar-refractivity contribution in [3.8, 4) is 6.07 Å². The second-order valence-electron chi connectivity index (χ2n) is 4.36. The Kier molecular flexibility index (Phi) is 3.70. The Morgan fingerprint density at radius 2 is 1.95 bits per heavy atom. The van der Waals surface area contributed by atoms with Crippen molar-refractivity contribution in [1.82, 2.24) is 0 Å². The summed E-state index contributed by atoms with van der Waals surface area (Å²) >= 11 is 0.936. The van der Waals surface area contributed by atoms with Crippen LogP contribution in [0.2, 0.25) is 0 Å². The molecule has 0 unspecified atom stereocenters. The Balaban J connectivity index is 2.38. The van der Waals surface area contributed by atoms with Crippen LogP contribution in [0, 0.1) is 25.2 Å². The third-order valence-electron chi connectivity index (χ3n) is 2.81. The van der Waals surface area contributed by atoms with E-state index in [0.717, 1.165) is 22.5 Å². The van der Waals surface area contributed by atoms with E-state index in [1.54, 1.807) is 19.1 Å². The van der Waals surface area contributed by atoms with Gasteiger partial charge in [0.25, 0.3) is 10.0 Å². The van der Waals surface area contributed by atoms with Crippen molar-refractivity contribution in [2.75, 3.05) is 10.5 Å². The van der Waals surface area contributed by atoms with E-state index in [1.165, 1.54) is 12.1 Å². The van der Waals surface area contributed by atoms with Crippen molar-refractivity contribution in [3.05, 3.63) is 40.3 Å². The second-order valence-corrected chi connectivity index (χ2v) is 7.35. The van der Waals surface area contributed by atoms with Gasteiger partial charge in [-0.1, -0.05) is 0 Å². The topological polar surface area (TPSA) is 96.0 Å². The number of rotatable bonds is 3. The number of nitrogens with zero attached hydrogens (tertiary/aromatic N) is 1. The predicted octanol–water partition coefficient (Wildman–Crippen LogP) is 2.62. The predicted molar refractivity (Wildman–Crippen MR) is 80.2 cm³/mol. The molecule has 0 aliphatic heterocycles. The van der Waals surface area contributed by atoms with Crippen LogP contribution in [-0.2, 0) is 10.0 Å². The highest BCUT2D eigenvalue weighted by atomic mass is 32.2. The number of aryl methyl sites for hydroxylation is 2. The highest BCUT2D eigenvalue weighted by molar-refractivity contribution is 7.94. The first-order chi connectivity index (χ1) is 9.33. The molecule has 0 spiro atoms. The first kappa shape index (κ1) is 14.4. The minimum absolute atomic E-state index is 0.114. The minimum atomic E-state index is -3.68. The standard InChI is InChI=1S/C13H13N3O2S2/c1-8-6-12(9(2)5-11(8)15)16-20(17,18)13-4-3-10(7-14)19-13/h3-6,16H,15H2,1-2H3. The van der Waals surface area contributed by atoms with Crippen LogP contribution in [0.3, 0.4) is 0 Å². The van der Waals surface area contributed by atoms with Crippen molar-refractivity contribution in [2.45, 2.75) is 18.1 Å². The highest BCUT2D eigenvalue weighted by Crippen LogP contribution is 2.27. The van der Waals surface area contributed by atoms with Gasteiger partial charge in [0.05, 0.1) is 5.69 Å². The van der Waals surface area contributed by atoms with Gasteiger partial charge in [-0.15, -0.1) is 11.3 Å². The van der Waals surface area contributed by atoms with Crippen LogP contribution in [0.5, 0.6) is 0 Å². The van der Waals surface area contributed by atoms with Crippen molar-refractivity contribution in [2.24, 2.45) is 0 Å². The molecule has 0 bridgehead atoms. The summed E-state index contributed by atoms with van der Waals surface area (Å²) in [5.41, 5.74) is 8.43. The molecule has 0 amide bonds. The number of anilines is 2. The number of nitrogens with one attached hydrogen (secondary N) is 1. The van der Waals surface area contributed by atoms with Crippen molar-refractivity contribution >= 4 is 32.7 Å². The molecule has 2 aromatic rings. The summed E-state index contributed by atoms with van der Waals surface area (Å²) in [5.74, 6) is 0. The quantitative estimate of drug-likeness (QED) is 0.852. The van der Waals surface area contributed by atoms with Gasteiger partial charge in [0.15, 0.2) is 0 Å². The summed E-state index contributed by atoms with van der Waals surface area (Å²) in [6.45, 7) is 3.59. The number of nitrogen functional groups attached to an aromatic ring is 1. The van der Waals surface area contributed by atoms with E-state index < -0.39 is 10.0 Å². The maximum atomic E-state index is 12.2. The Labute approximate surface area is 121 Å². The van der Waals surface area contributed by atoms with Gasteiger partial charge < -0.3 is 5.73 Å². The Morgan fingerprint density at radius 1 is 1.25 bits per heavy atom. The maximum Gasteiger partial charge on any atom is 0.271 e. The third-order valence-corrected chi connectivity index (χ3v) is 5.66. The van der Waals surface area contributed by atoms with E-state index >= 15 is 0 Å². The molecule has 0 aliphatic carbocycles. The Morgan fingerprint density at radius 3 is 2.55 bits per heavy atom. The van der Waals surface area contributed by atoms with Gasteiger partial charge in [-0.25, -0.2) is 8.42 Å². The van der Waals surface area contributed by atoms with Crippen LogP contribution >= 0.6 is 11.3 Å². The minimum Gasteiger partial charge on any atom is -0.399 e. The molecule has 0 saturated heterocycles. The normalized spacial score (nSPS) is 11.1. The molecule has 0 atom stereocenters. The smallest absolute Gasteiger partial charge is 0.271 e. The molecule has 104 valence electrons. The summed E-state index contributed by atoms with van der Waals surface area (Å²) in [5, 5.41) is 8.75. The molecule has 0 aliphatic rings. The zero-order valence-corrected chi connectivity index (χ0v) is 12.6. The van der Waals surface area contributed by atoms with E-state index in [4.69, 9.17) is 11.0 Å². The molecular formula is C13H13N3O2S2. The lowest BCUT2D eigenvalue weighted by atomic mass is 10.1. The molecule has 1 aromatic heterocycles. The van der Waals surface area contributed by atoms with Crippen LogP contribution in [0.25, 0.3) is 0 Å². The Bertz CT molecular complexity index is 802. The number of hydrogen-bond donors (Lipinski definition) is 2. The lowest BCUT2D eigenvalue weighted by Crippen LogP contribution is -2.12. The van der Waals surface area contributed by atoms with Gasteiger partial charge in [-0.3, -0.25) is 4.72 Å². The summed E-state index contributed by atoms with van der Waals surface area (Å²) in [7, 11) is -3.68. The van der Waals surface area contributed by atoms with E-state index in [1.807, 2.05) is 13.0 Å². The fourth-order valence-corrected chi connectivity index (χ4v) is 3.89. The average molecular weight is 307 g/mol. The van der Waals surface area contributed by atoms with Crippen molar-refractivity contribution < 1.29 is 8.42 Å². The molecule has 1 aromatic carbocycles. The van der Waals surface area contributed by atoms with Crippen LogP contribution in [0.1, 0.15) is 16.0 Å². The summed E-state index contributed by atoms with van der Waals surface area (Å²) < 4.78 is 27.1. The van der Waals surface area contributed by atoms with E-state index in [-0.39, 0.29) is 4.21 Å². The molecule has 3 N–H and O–H groups in total. The molecular weight excluding hydrogens is 294 g/mol. The number of hydrogen-bond acceptors (Lipinski definition) is 5. The maximum absolute atomic E-state index is 12.2. The molecule has 7 heteroatoms. The highest BCUT2D eigenvalue weighted by Gasteiger charge is 2.18. The number of benzene rings is 1. The van der Waals surface area contributed by atoms with Gasteiger partial charge in [-0.05, 0) is 49.2 Å². The lowest BCUT2D eigenvalue weighted by Gasteiger charge is -2.11. The van der Waals surface area contributed by atoms with Gasteiger partial charge in [0, 0.05) is 5.69 Å². The number of nitrogens with two attached hydrogens (primary N) is 1. The molecule has 20 heavy (non-hydrogen) atoms. The number of sulfonamides is 1. The number of nitriles is 1. The van der Waals surface area contributed by atoms with Crippen molar-refractivity contribution in [1.29, 1.82) is 5.26 Å². The van der Waals surface area contributed by atoms with E-state index in [0.29, 0.717) is 16.3 Å². The third kappa shape index (κ3) is 2.76. The fraction of sp³-hybridized carbons (Fsp3) is 0.154. The van der Waals surface area contributed by atoms with Gasteiger partial charge >= 0.3 is 0 Å². The van der Waals surface area contributed by atoms with Gasteiger partial charge in [0.1, 0.15) is 15.2 Å². The summed E-state index contributed by atoms with van der Waals surface area (Å²) in [4.78, 5) is 0.357. The average Bonchev–Trinajstić information content (AvgIpc) is 2.85. The SMILES string of the molecule is Cc1cc(NS(=O)(=O)c2ccc(C#N)s2)c(C)cc1N. The first-order valence-electron chi connectivity index (χ1n) is 5.73. The second kappa shape index (κ2) is 5.15. The molecule has 2 rings (SSSR count). The summed E-state index contributed by atoms with van der Waals surface area (Å²) in [6, 6.07) is 8.25. The van der Waals surface area contributed by atoms with Gasteiger partial charge in [0.2, 0.25) is 0 Å². The zero-order valence-electron chi connectivity index (χ0n) is 11.0. The lowest BCUT2D eigenvalue weighted by molar-refractivity contribution is 0.603. The summed E-state index contributed by atoms with van der Waals surface area (Å²) in [6.07, 6.45) is 0. The molecule has 0 fully saturated rings. The molecule has 0 radical (unpaired) electrons. The van der Waals surface area contributed by atoms with Crippen LogP contribution in [0.15, 0.2) is 28.5 Å². The van der Waals surface area contributed by atoms with Crippen LogP contribution < -0.4 is 10.5 Å². The first-order valence-corrected chi connectivity index (χ1v) is 8.03. The molecule has 0 saturated carbocycles. The monoisotopic (exact) mass is 307 g/mol. The van der Waals surface area contributed by atoms with E-state index in [2.05, 4.69) is 4.72 Å². The molecule has 5 nitrogen and oxygen atoms in total. The van der Waals surface area contributed by atoms with Crippen molar-refractivity contribution in [3.63, 3.8) is 0 Å². The van der Waals surface area contributed by atoms with E-state index in [9.17, 15) is 8.42 Å². The van der Waals surface area contributed by atoms with Gasteiger partial charge in [-0.2, -0.15) is 5.26 Å². The number of thiophene rings is 1. The fourth-order valence-electron chi connectivity index (χ4n) is 1.67.